The van der Waals surface area contributed by atoms with Crippen molar-refractivity contribution in [2.24, 2.45) is 0 Å². The minimum Gasteiger partial charge on any atom is -0.493 e. The van der Waals surface area contributed by atoms with Crippen molar-refractivity contribution in [3.63, 3.8) is 0 Å². The number of carbonyl (C=O) groups excluding carboxylic acids is 1. The Labute approximate surface area is 203 Å². The van der Waals surface area contributed by atoms with Gasteiger partial charge in [0, 0.05) is 45.2 Å². The summed E-state index contributed by atoms with van der Waals surface area (Å²) in [5.74, 6) is 0.741. The maximum atomic E-state index is 13.9. The lowest BCUT2D eigenvalue weighted by atomic mass is 9.86. The molecule has 1 fully saturated rings. The molecule has 1 atom stereocenters. The first-order valence-corrected chi connectivity index (χ1v) is 11.5. The van der Waals surface area contributed by atoms with Crippen molar-refractivity contribution in [1.82, 2.24) is 9.47 Å². The first-order valence-electron chi connectivity index (χ1n) is 11.5. The van der Waals surface area contributed by atoms with Crippen molar-refractivity contribution in [3.8, 4) is 22.9 Å². The predicted octanol–water partition coefficient (Wildman–Crippen LogP) is 3.13. The van der Waals surface area contributed by atoms with E-state index in [-0.39, 0.29) is 19.8 Å². The average Bonchev–Trinajstić information content (AvgIpc) is 3.38. The number of halogens is 1. The number of aliphatic hydroxyl groups is 2. The minimum atomic E-state index is -1.01. The first-order chi connectivity index (χ1) is 16.9. The van der Waals surface area contributed by atoms with Gasteiger partial charge >= 0.3 is 0 Å². The molecule has 1 saturated heterocycles. The van der Waals surface area contributed by atoms with Crippen LogP contribution in [0.15, 0.2) is 54.7 Å². The van der Waals surface area contributed by atoms with Crippen LogP contribution in [0.2, 0.25) is 0 Å². The summed E-state index contributed by atoms with van der Waals surface area (Å²) >= 11 is 0. The Morgan fingerprint density at radius 1 is 1.20 bits per heavy atom. The molecule has 0 bridgehead atoms. The van der Waals surface area contributed by atoms with Gasteiger partial charge in [-0.1, -0.05) is 0 Å². The lowest BCUT2D eigenvalue weighted by molar-refractivity contribution is -0.00951. The molecule has 2 N–H and O–H groups in total. The summed E-state index contributed by atoms with van der Waals surface area (Å²) in [7, 11) is 1.47. The van der Waals surface area contributed by atoms with Gasteiger partial charge < -0.3 is 33.9 Å². The molecule has 5 rings (SSSR count). The fourth-order valence-corrected chi connectivity index (χ4v) is 4.76. The Balaban J connectivity index is 0.00000304. The summed E-state index contributed by atoms with van der Waals surface area (Å²) in [6, 6.07) is 13.4. The van der Waals surface area contributed by atoms with E-state index in [1.165, 1.54) is 19.2 Å². The van der Waals surface area contributed by atoms with Crippen molar-refractivity contribution in [2.75, 3.05) is 33.4 Å². The number of likely N-dealkylation sites (tertiary alicyclic amines) is 1. The number of hydrogen-bond acceptors (Lipinski definition) is 6. The highest BCUT2D eigenvalue weighted by atomic mass is 19.1. The zero-order chi connectivity index (χ0) is 24.6. The molecule has 35 heavy (non-hydrogen) atoms. The topological polar surface area (TPSA) is 93.4 Å². The second-order valence-corrected chi connectivity index (χ2v) is 8.78. The lowest BCUT2D eigenvalue weighted by Crippen LogP contribution is -2.50. The van der Waals surface area contributed by atoms with Gasteiger partial charge in [0.1, 0.15) is 24.3 Å². The summed E-state index contributed by atoms with van der Waals surface area (Å²) < 4.78 is 33.2. The highest BCUT2D eigenvalue weighted by Crippen LogP contribution is 2.45. The Morgan fingerprint density at radius 3 is 2.74 bits per heavy atom. The van der Waals surface area contributed by atoms with Gasteiger partial charge in [0.15, 0.2) is 17.1 Å². The number of aromatic nitrogens is 1. The van der Waals surface area contributed by atoms with Crippen molar-refractivity contribution in [1.29, 1.82) is 0 Å². The third kappa shape index (κ3) is 4.21. The predicted molar refractivity (Wildman–Crippen MR) is 127 cm³/mol. The molecule has 0 saturated carbocycles. The number of carbonyl (C=O) groups is 1. The minimum absolute atomic E-state index is 0. The zero-order valence-corrected chi connectivity index (χ0v) is 19.3. The van der Waals surface area contributed by atoms with E-state index in [2.05, 4.69) is 0 Å². The van der Waals surface area contributed by atoms with E-state index in [9.17, 15) is 14.3 Å². The fourth-order valence-electron chi connectivity index (χ4n) is 4.76. The van der Waals surface area contributed by atoms with Crippen LogP contribution in [0.4, 0.5) is 4.39 Å². The van der Waals surface area contributed by atoms with Crippen molar-refractivity contribution < 1.29 is 35.0 Å². The van der Waals surface area contributed by atoms with Gasteiger partial charge in [0.2, 0.25) is 0 Å². The Bertz CT molecular complexity index is 1240. The number of piperidine rings is 1. The number of fused-ring (bicyclic) bond motifs is 4. The Morgan fingerprint density at radius 2 is 2.00 bits per heavy atom. The van der Waals surface area contributed by atoms with Crippen LogP contribution in [0.5, 0.6) is 17.2 Å². The van der Waals surface area contributed by atoms with Crippen LogP contribution in [0.3, 0.4) is 0 Å². The van der Waals surface area contributed by atoms with Crippen LogP contribution in [-0.4, -0.2) is 65.1 Å². The average molecular weight is 485 g/mol. The molecule has 0 radical (unpaired) electrons. The number of rotatable bonds is 6. The highest BCUT2D eigenvalue weighted by molar-refractivity contribution is 5.95. The number of amides is 1. The number of ether oxygens (including phenoxy) is 3. The summed E-state index contributed by atoms with van der Waals surface area (Å²) in [5, 5.41) is 18.5. The van der Waals surface area contributed by atoms with E-state index < -0.39 is 18.3 Å². The molecule has 2 aromatic carbocycles. The largest absolute Gasteiger partial charge is 0.493 e. The van der Waals surface area contributed by atoms with E-state index in [4.69, 9.17) is 19.3 Å². The van der Waals surface area contributed by atoms with E-state index in [1.54, 1.807) is 29.2 Å². The molecule has 3 aromatic rings. The molecule has 186 valence electrons. The first kappa shape index (κ1) is 23.2. The summed E-state index contributed by atoms with van der Waals surface area (Å²) in [6.45, 7) is 0.434. The molecular formula is C26H29FN2O6. The third-order valence-electron chi connectivity index (χ3n) is 6.61. The Kier molecular flexibility index (Phi) is 6.12. The van der Waals surface area contributed by atoms with E-state index in [0.717, 1.165) is 11.4 Å². The maximum Gasteiger partial charge on any atom is 0.253 e. The van der Waals surface area contributed by atoms with Gasteiger partial charge in [-0.2, -0.15) is 0 Å². The van der Waals surface area contributed by atoms with Gasteiger partial charge in [-0.3, -0.25) is 4.79 Å². The van der Waals surface area contributed by atoms with Crippen LogP contribution in [-0.2, 0) is 5.60 Å². The highest BCUT2D eigenvalue weighted by Gasteiger charge is 2.44. The van der Waals surface area contributed by atoms with Crippen LogP contribution in [0, 0.1) is 5.82 Å². The molecule has 3 heterocycles. The Hall–Kier alpha value is -3.56. The molecule has 8 nitrogen and oxygen atoms in total. The molecule has 1 amide bonds. The van der Waals surface area contributed by atoms with Gasteiger partial charge in [-0.15, -0.1) is 0 Å². The van der Waals surface area contributed by atoms with Crippen molar-refractivity contribution in [2.45, 2.75) is 24.5 Å². The molecule has 1 spiro atoms. The van der Waals surface area contributed by atoms with Crippen LogP contribution < -0.4 is 14.2 Å². The molecule has 0 aliphatic carbocycles. The van der Waals surface area contributed by atoms with Crippen LogP contribution >= 0.6 is 0 Å². The number of nitrogens with zero attached hydrogens (tertiary/aromatic N) is 2. The van der Waals surface area contributed by atoms with Gasteiger partial charge in [0.05, 0.1) is 25.1 Å². The van der Waals surface area contributed by atoms with E-state index in [0.29, 0.717) is 48.7 Å². The summed E-state index contributed by atoms with van der Waals surface area (Å²) in [6.07, 6.45) is 2.07. The standard InChI is InChI=1S/C26H27FN2O6.H2/c1-33-23-13-17(4-7-21(23)34-16-19(31)15-30)25(32)28-11-8-26(9-12-28)24-3-2-10-29(24)20-6-5-18(27)14-22(20)35-26;/h2-7,10,13-14,19,30-31H,8-9,11-12,15-16H2,1H3;1H/t19-;/m0./s1. The fraction of sp³-hybridized carbons (Fsp3) is 0.346. The number of hydrogen-bond donors (Lipinski definition) is 2. The van der Waals surface area contributed by atoms with E-state index >= 15 is 0 Å². The number of benzene rings is 2. The van der Waals surface area contributed by atoms with Crippen LogP contribution in [0.1, 0.15) is 30.3 Å². The molecule has 9 heteroatoms. The van der Waals surface area contributed by atoms with Gasteiger partial charge in [-0.05, 0) is 42.5 Å². The summed E-state index contributed by atoms with van der Waals surface area (Å²) in [5.41, 5.74) is 1.62. The molecule has 2 aliphatic heterocycles. The normalized spacial score (nSPS) is 16.7. The molecule has 0 unspecified atom stereocenters. The molecule has 1 aromatic heterocycles. The molecular weight excluding hydrogens is 455 g/mol. The number of aliphatic hydroxyl groups excluding tert-OH is 2. The SMILES string of the molecule is COc1cc(C(=O)N2CCC3(CC2)Oc2cc(F)ccc2-n2cccc23)ccc1OC[C@@H](O)CO.[HH]. The smallest absolute Gasteiger partial charge is 0.253 e. The van der Waals surface area contributed by atoms with Crippen molar-refractivity contribution >= 4 is 5.91 Å². The van der Waals surface area contributed by atoms with Gasteiger partial charge in [-0.25, -0.2) is 4.39 Å². The zero-order valence-electron chi connectivity index (χ0n) is 19.3. The summed E-state index contributed by atoms with van der Waals surface area (Å²) in [4.78, 5) is 15.0. The quantitative estimate of drug-likeness (QED) is 0.559. The van der Waals surface area contributed by atoms with Gasteiger partial charge in [0.25, 0.3) is 5.91 Å². The third-order valence-corrected chi connectivity index (χ3v) is 6.61. The van der Waals surface area contributed by atoms with Crippen LogP contribution in [0.25, 0.3) is 5.69 Å². The van der Waals surface area contributed by atoms with Crippen molar-refractivity contribution in [3.05, 3.63) is 71.8 Å². The van der Waals surface area contributed by atoms with E-state index in [1.807, 2.05) is 22.9 Å². The monoisotopic (exact) mass is 484 g/mol. The maximum absolute atomic E-state index is 13.9. The lowest BCUT2D eigenvalue weighted by Gasteiger charge is -2.45. The molecule has 2 aliphatic rings. The second kappa shape index (κ2) is 9.24. The second-order valence-electron chi connectivity index (χ2n) is 8.78. The number of methoxy groups -OCH3 is 1.